The molecule has 7 nitrogen and oxygen atoms in total. The van der Waals surface area contributed by atoms with E-state index in [-0.39, 0.29) is 5.91 Å². The smallest absolute Gasteiger partial charge is 0.256 e. The molecule has 0 bridgehead atoms. The van der Waals surface area contributed by atoms with E-state index in [1.165, 1.54) is 16.3 Å². The lowest BCUT2D eigenvalue weighted by Crippen LogP contribution is -2.14. The quantitative estimate of drug-likeness (QED) is 0.459. The van der Waals surface area contributed by atoms with Gasteiger partial charge < -0.3 is 5.32 Å². The third-order valence-electron chi connectivity index (χ3n) is 5.90. The summed E-state index contributed by atoms with van der Waals surface area (Å²) in [5.41, 5.74) is 5.64. The molecular formula is C25H24N6O. The summed E-state index contributed by atoms with van der Waals surface area (Å²) in [6.07, 6.45) is 1.68. The zero-order valence-corrected chi connectivity index (χ0v) is 18.5. The number of amides is 1. The second-order valence-corrected chi connectivity index (χ2v) is 8.11. The Labute approximate surface area is 185 Å². The van der Waals surface area contributed by atoms with Gasteiger partial charge >= 0.3 is 0 Å². The first kappa shape index (κ1) is 19.9. The highest BCUT2D eigenvalue weighted by Crippen LogP contribution is 2.25. The number of fused-ring (bicyclic) bond motifs is 2. The highest BCUT2D eigenvalue weighted by molar-refractivity contribution is 6.12. The van der Waals surface area contributed by atoms with Crippen LogP contribution in [0.4, 0.5) is 5.69 Å². The maximum atomic E-state index is 13.2. The highest BCUT2D eigenvalue weighted by atomic mass is 16.1. The summed E-state index contributed by atoms with van der Waals surface area (Å²) in [6, 6.07) is 16.4. The Hall–Kier alpha value is -4.00. The second kappa shape index (κ2) is 7.60. The van der Waals surface area contributed by atoms with Crippen molar-refractivity contribution in [3.05, 3.63) is 82.9 Å². The van der Waals surface area contributed by atoms with Gasteiger partial charge in [-0.3, -0.25) is 14.2 Å². The lowest BCUT2D eigenvalue weighted by molar-refractivity contribution is 0.102. The number of pyridine rings is 1. The van der Waals surface area contributed by atoms with E-state index in [1.54, 1.807) is 16.9 Å². The van der Waals surface area contributed by atoms with Gasteiger partial charge in [0.25, 0.3) is 5.91 Å². The van der Waals surface area contributed by atoms with Gasteiger partial charge in [0.15, 0.2) is 5.65 Å². The van der Waals surface area contributed by atoms with Crippen molar-refractivity contribution < 1.29 is 4.79 Å². The molecule has 0 aliphatic rings. The second-order valence-electron chi connectivity index (χ2n) is 8.11. The van der Waals surface area contributed by atoms with Gasteiger partial charge in [-0.05, 0) is 43.2 Å². The van der Waals surface area contributed by atoms with Crippen molar-refractivity contribution in [2.45, 2.75) is 27.3 Å². The van der Waals surface area contributed by atoms with E-state index >= 15 is 0 Å². The lowest BCUT2D eigenvalue weighted by Gasteiger charge is -2.10. The molecule has 0 saturated heterocycles. The van der Waals surface area contributed by atoms with Gasteiger partial charge in [-0.25, -0.2) is 4.98 Å². The molecule has 0 atom stereocenters. The van der Waals surface area contributed by atoms with Crippen LogP contribution in [0.1, 0.15) is 33.0 Å². The minimum Gasteiger partial charge on any atom is -0.319 e. The number of hydrogen-bond acceptors (Lipinski definition) is 4. The molecule has 0 spiro atoms. The number of benzene rings is 2. The monoisotopic (exact) mass is 424 g/mol. The summed E-state index contributed by atoms with van der Waals surface area (Å²) in [5, 5.41) is 15.2. The molecule has 5 aromatic rings. The Balaban J connectivity index is 1.48. The third kappa shape index (κ3) is 3.32. The van der Waals surface area contributed by atoms with E-state index in [1.807, 2.05) is 38.6 Å². The average molecular weight is 425 g/mol. The van der Waals surface area contributed by atoms with Crippen molar-refractivity contribution in [1.29, 1.82) is 0 Å². The molecule has 0 unspecified atom stereocenters. The number of aromatic nitrogens is 5. The van der Waals surface area contributed by atoms with Crippen molar-refractivity contribution in [3.63, 3.8) is 0 Å². The maximum absolute atomic E-state index is 13.2. The van der Waals surface area contributed by atoms with Crippen LogP contribution < -0.4 is 5.32 Å². The van der Waals surface area contributed by atoms with Gasteiger partial charge in [0.2, 0.25) is 0 Å². The van der Waals surface area contributed by atoms with Crippen LogP contribution in [0.25, 0.3) is 21.8 Å². The number of carbonyl (C=O) groups excluding carboxylic acids is 1. The third-order valence-corrected chi connectivity index (χ3v) is 5.90. The molecule has 0 fully saturated rings. The molecule has 1 N–H and O–H groups in total. The summed E-state index contributed by atoms with van der Waals surface area (Å²) in [5.74, 6) is -0.190. The van der Waals surface area contributed by atoms with Crippen molar-refractivity contribution in [3.8, 4) is 0 Å². The first-order chi connectivity index (χ1) is 15.4. The van der Waals surface area contributed by atoms with Gasteiger partial charge in [-0.2, -0.15) is 10.2 Å². The molecule has 3 aromatic heterocycles. The summed E-state index contributed by atoms with van der Waals surface area (Å²) < 4.78 is 3.63. The minimum atomic E-state index is -0.190. The number of rotatable bonds is 4. The molecule has 7 heteroatoms. The van der Waals surface area contributed by atoms with E-state index in [9.17, 15) is 4.79 Å². The molecule has 2 aromatic carbocycles. The normalized spacial score (nSPS) is 11.4. The van der Waals surface area contributed by atoms with E-state index in [0.29, 0.717) is 17.8 Å². The molecule has 0 radical (unpaired) electrons. The van der Waals surface area contributed by atoms with Crippen LogP contribution in [-0.2, 0) is 13.6 Å². The van der Waals surface area contributed by atoms with Gasteiger partial charge in [0.05, 0.1) is 40.8 Å². The van der Waals surface area contributed by atoms with Crippen molar-refractivity contribution >= 4 is 33.4 Å². The predicted molar refractivity (Wildman–Crippen MR) is 126 cm³/mol. The molecule has 0 aliphatic carbocycles. The number of nitrogens with one attached hydrogen (secondary N) is 1. The largest absolute Gasteiger partial charge is 0.319 e. The van der Waals surface area contributed by atoms with Crippen molar-refractivity contribution in [2.75, 3.05) is 5.32 Å². The van der Waals surface area contributed by atoms with Crippen LogP contribution in [0, 0.1) is 20.8 Å². The Morgan fingerprint density at radius 2 is 1.81 bits per heavy atom. The summed E-state index contributed by atoms with van der Waals surface area (Å²) in [6.45, 7) is 6.41. The fourth-order valence-corrected chi connectivity index (χ4v) is 4.23. The molecule has 0 aliphatic heterocycles. The average Bonchev–Trinajstić information content (AvgIpc) is 3.28. The lowest BCUT2D eigenvalue weighted by atomic mass is 10.0. The number of aryl methyl sites for hydroxylation is 3. The van der Waals surface area contributed by atoms with Crippen LogP contribution >= 0.6 is 0 Å². The Morgan fingerprint density at radius 1 is 1.03 bits per heavy atom. The number of carbonyl (C=O) groups is 1. The first-order valence-corrected chi connectivity index (χ1v) is 10.5. The number of hydrogen-bond donors (Lipinski definition) is 1. The zero-order chi connectivity index (χ0) is 22.4. The van der Waals surface area contributed by atoms with Gasteiger partial charge in [0.1, 0.15) is 0 Å². The van der Waals surface area contributed by atoms with E-state index in [0.717, 1.165) is 28.2 Å². The molecule has 5 rings (SSSR count). The highest BCUT2D eigenvalue weighted by Gasteiger charge is 2.19. The molecule has 1 amide bonds. The molecule has 160 valence electrons. The molecule has 3 heterocycles. The van der Waals surface area contributed by atoms with E-state index < -0.39 is 0 Å². The first-order valence-electron chi connectivity index (χ1n) is 10.5. The summed E-state index contributed by atoms with van der Waals surface area (Å²) in [4.78, 5) is 17.7. The van der Waals surface area contributed by atoms with Crippen LogP contribution in [-0.4, -0.2) is 30.5 Å². The van der Waals surface area contributed by atoms with Crippen LogP contribution in [0.15, 0.2) is 54.7 Å². The summed E-state index contributed by atoms with van der Waals surface area (Å²) in [7, 11) is 1.82. The topological polar surface area (TPSA) is 77.6 Å². The fraction of sp³-hybridized carbons (Fsp3) is 0.200. The maximum Gasteiger partial charge on any atom is 0.256 e. The van der Waals surface area contributed by atoms with Crippen LogP contribution in [0.3, 0.4) is 0 Å². The van der Waals surface area contributed by atoms with Crippen molar-refractivity contribution in [2.24, 2.45) is 7.05 Å². The standard InChI is InChI=1S/C25H24N6O/c1-15-12-21(22-13-26-30(4)24(22)27-15)25(32)28-23-16(2)29-31(17(23)3)14-19-10-7-9-18-8-5-6-11-20(18)19/h5-13H,14H2,1-4H3,(H,28,32). The van der Waals surface area contributed by atoms with Crippen LogP contribution in [0.5, 0.6) is 0 Å². The summed E-state index contributed by atoms with van der Waals surface area (Å²) >= 11 is 0. The van der Waals surface area contributed by atoms with E-state index in [2.05, 4.69) is 51.8 Å². The fourth-order valence-electron chi connectivity index (χ4n) is 4.23. The van der Waals surface area contributed by atoms with Gasteiger partial charge in [-0.1, -0.05) is 42.5 Å². The number of anilines is 1. The number of nitrogens with zero attached hydrogens (tertiary/aromatic N) is 5. The molecule has 32 heavy (non-hydrogen) atoms. The van der Waals surface area contributed by atoms with Gasteiger partial charge in [0, 0.05) is 12.7 Å². The molecule has 0 saturated carbocycles. The predicted octanol–water partition coefficient (Wildman–Crippen LogP) is 4.54. The Kier molecular flexibility index (Phi) is 4.74. The van der Waals surface area contributed by atoms with E-state index in [4.69, 9.17) is 5.10 Å². The minimum absolute atomic E-state index is 0.190. The van der Waals surface area contributed by atoms with Crippen LogP contribution in [0.2, 0.25) is 0 Å². The Bertz CT molecular complexity index is 1490. The van der Waals surface area contributed by atoms with Gasteiger partial charge in [-0.15, -0.1) is 0 Å². The SMILES string of the molecule is Cc1cc(C(=O)Nc2c(C)nn(Cc3cccc4ccccc34)c2C)c2cnn(C)c2n1. The zero-order valence-electron chi connectivity index (χ0n) is 18.5. The Morgan fingerprint density at radius 3 is 2.66 bits per heavy atom. The molecular weight excluding hydrogens is 400 g/mol. The van der Waals surface area contributed by atoms with Crippen molar-refractivity contribution in [1.82, 2.24) is 24.5 Å².